The van der Waals surface area contributed by atoms with Crippen molar-refractivity contribution < 1.29 is 27.8 Å². The minimum atomic E-state index is -4.31. The van der Waals surface area contributed by atoms with Gasteiger partial charge < -0.3 is 9.84 Å². The lowest BCUT2D eigenvalue weighted by molar-refractivity contribution is -0.152. The topological polar surface area (TPSA) is 53.0 Å². The van der Waals surface area contributed by atoms with Crippen molar-refractivity contribution in [2.45, 2.75) is 38.7 Å². The van der Waals surface area contributed by atoms with Gasteiger partial charge in [0.1, 0.15) is 5.75 Å². The number of benzene rings is 3. The standard InChI is InChI=1S/C27H29F3N2O3/c1-26(2,25(33)34)35-24-12-9-20(22-5-3-4-6-23(22)24)18-32-15-13-31(14-16-32)17-19-7-10-21(11-8-19)27(28,29)30/h3-12H,13-18H2,1-2H3,(H,33,34). The average Bonchev–Trinajstić information content (AvgIpc) is 2.81. The molecule has 0 bridgehead atoms. The number of carboxylic acids is 1. The SMILES string of the molecule is CC(C)(Oc1ccc(CN2CCN(Cc3ccc(C(F)(F)F)cc3)CC2)c2ccccc12)C(=O)O. The van der Waals surface area contributed by atoms with Crippen LogP contribution in [0.15, 0.2) is 60.7 Å². The smallest absolute Gasteiger partial charge is 0.416 e. The maximum atomic E-state index is 12.8. The predicted octanol–water partition coefficient (Wildman–Crippen LogP) is 5.42. The largest absolute Gasteiger partial charge is 0.478 e. The number of aliphatic carboxylic acids is 1. The van der Waals surface area contributed by atoms with E-state index in [2.05, 4.69) is 9.80 Å². The first-order valence-corrected chi connectivity index (χ1v) is 11.6. The third kappa shape index (κ3) is 5.94. The summed E-state index contributed by atoms with van der Waals surface area (Å²) in [5, 5.41) is 11.3. The van der Waals surface area contributed by atoms with Gasteiger partial charge in [-0.2, -0.15) is 13.2 Å². The van der Waals surface area contributed by atoms with Crippen LogP contribution in [0.5, 0.6) is 5.75 Å². The number of piperazine rings is 1. The lowest BCUT2D eigenvalue weighted by Gasteiger charge is -2.35. The molecule has 5 nitrogen and oxygen atoms in total. The van der Waals surface area contributed by atoms with E-state index in [-0.39, 0.29) is 0 Å². The van der Waals surface area contributed by atoms with Crippen LogP contribution in [0.2, 0.25) is 0 Å². The minimum Gasteiger partial charge on any atom is -0.478 e. The zero-order chi connectivity index (χ0) is 25.2. The molecule has 186 valence electrons. The molecular formula is C27H29F3N2O3. The van der Waals surface area contributed by atoms with Gasteiger partial charge in [-0.15, -0.1) is 0 Å². The first-order valence-electron chi connectivity index (χ1n) is 11.6. The molecule has 0 spiro atoms. The Morgan fingerprint density at radius 2 is 1.43 bits per heavy atom. The Balaban J connectivity index is 1.39. The fourth-order valence-corrected chi connectivity index (χ4v) is 4.28. The quantitative estimate of drug-likeness (QED) is 0.484. The molecule has 8 heteroatoms. The van der Waals surface area contributed by atoms with Crippen molar-refractivity contribution in [1.29, 1.82) is 0 Å². The summed E-state index contributed by atoms with van der Waals surface area (Å²) in [5.41, 5.74) is 0.0454. The van der Waals surface area contributed by atoms with E-state index in [1.165, 1.54) is 13.8 Å². The second-order valence-corrected chi connectivity index (χ2v) is 9.43. The minimum absolute atomic E-state index is 0.540. The number of alkyl halides is 3. The number of carboxylic acid groups (broad SMARTS) is 1. The molecule has 4 rings (SSSR count). The van der Waals surface area contributed by atoms with E-state index in [0.717, 1.165) is 66.8 Å². The number of hydrogen-bond acceptors (Lipinski definition) is 4. The maximum absolute atomic E-state index is 12.8. The average molecular weight is 487 g/mol. The number of carbonyl (C=O) groups is 1. The van der Waals surface area contributed by atoms with E-state index < -0.39 is 23.3 Å². The van der Waals surface area contributed by atoms with Gasteiger partial charge in [0.15, 0.2) is 5.60 Å². The first kappa shape index (κ1) is 25.0. The van der Waals surface area contributed by atoms with Gasteiger partial charge >= 0.3 is 12.1 Å². The van der Waals surface area contributed by atoms with E-state index in [4.69, 9.17) is 4.74 Å². The normalized spacial score (nSPS) is 15.9. The molecule has 35 heavy (non-hydrogen) atoms. The van der Waals surface area contributed by atoms with Crippen molar-refractivity contribution in [2.75, 3.05) is 26.2 Å². The third-order valence-corrected chi connectivity index (χ3v) is 6.40. The molecule has 0 radical (unpaired) electrons. The second kappa shape index (κ2) is 9.87. The van der Waals surface area contributed by atoms with Crippen LogP contribution in [0, 0.1) is 0 Å². The summed E-state index contributed by atoms with van der Waals surface area (Å²) in [7, 11) is 0. The molecule has 0 unspecified atom stereocenters. The summed E-state index contributed by atoms with van der Waals surface area (Å²) in [5.74, 6) is -0.488. The Hall–Kier alpha value is -3.10. The zero-order valence-corrected chi connectivity index (χ0v) is 19.8. The van der Waals surface area contributed by atoms with Gasteiger partial charge in [0, 0.05) is 44.7 Å². The van der Waals surface area contributed by atoms with Gasteiger partial charge in [0.05, 0.1) is 5.56 Å². The van der Waals surface area contributed by atoms with Gasteiger partial charge in [-0.3, -0.25) is 9.80 Å². The highest BCUT2D eigenvalue weighted by molar-refractivity contribution is 5.91. The lowest BCUT2D eigenvalue weighted by atomic mass is 10.0. The lowest BCUT2D eigenvalue weighted by Crippen LogP contribution is -2.45. The molecule has 0 aromatic heterocycles. The molecule has 1 aliphatic heterocycles. The third-order valence-electron chi connectivity index (χ3n) is 6.40. The summed E-state index contributed by atoms with van der Waals surface area (Å²) in [6, 6.07) is 17.0. The molecule has 1 aliphatic rings. The molecule has 3 aromatic rings. The van der Waals surface area contributed by atoms with E-state index in [1.54, 1.807) is 12.1 Å². The molecular weight excluding hydrogens is 457 g/mol. The van der Waals surface area contributed by atoms with Gasteiger partial charge in [-0.1, -0.05) is 42.5 Å². The summed E-state index contributed by atoms with van der Waals surface area (Å²) in [6.45, 7) is 7.78. The van der Waals surface area contributed by atoms with Crippen molar-refractivity contribution in [3.05, 3.63) is 77.4 Å². The molecule has 0 saturated carbocycles. The van der Waals surface area contributed by atoms with E-state index in [1.807, 2.05) is 36.4 Å². The highest BCUT2D eigenvalue weighted by atomic mass is 19.4. The molecule has 0 atom stereocenters. The number of fused-ring (bicyclic) bond motifs is 1. The van der Waals surface area contributed by atoms with Crippen LogP contribution in [0.4, 0.5) is 13.2 Å². The van der Waals surface area contributed by atoms with Crippen LogP contribution >= 0.6 is 0 Å². The molecule has 1 saturated heterocycles. The van der Waals surface area contributed by atoms with Crippen molar-refractivity contribution in [3.63, 3.8) is 0 Å². The number of halogens is 3. The highest BCUT2D eigenvalue weighted by Crippen LogP contribution is 2.32. The Kier molecular flexibility index (Phi) is 7.05. The molecule has 1 fully saturated rings. The Morgan fingerprint density at radius 1 is 0.857 bits per heavy atom. The van der Waals surface area contributed by atoms with Gasteiger partial charge in [0.25, 0.3) is 0 Å². The van der Waals surface area contributed by atoms with E-state index >= 15 is 0 Å². The van der Waals surface area contributed by atoms with Crippen LogP contribution in [-0.4, -0.2) is 52.7 Å². The molecule has 0 amide bonds. The second-order valence-electron chi connectivity index (χ2n) is 9.43. The van der Waals surface area contributed by atoms with Crippen molar-refractivity contribution in [2.24, 2.45) is 0 Å². The van der Waals surface area contributed by atoms with Gasteiger partial charge in [0.2, 0.25) is 0 Å². The highest BCUT2D eigenvalue weighted by Gasteiger charge is 2.31. The van der Waals surface area contributed by atoms with Gasteiger partial charge in [-0.25, -0.2) is 4.79 Å². The summed E-state index contributed by atoms with van der Waals surface area (Å²) < 4.78 is 44.2. The molecule has 1 heterocycles. The van der Waals surface area contributed by atoms with Crippen LogP contribution in [0.1, 0.15) is 30.5 Å². The zero-order valence-electron chi connectivity index (χ0n) is 19.8. The fourth-order valence-electron chi connectivity index (χ4n) is 4.28. The van der Waals surface area contributed by atoms with Gasteiger partial charge in [-0.05, 0) is 48.6 Å². The number of nitrogens with zero attached hydrogens (tertiary/aromatic N) is 2. The summed E-state index contributed by atoms with van der Waals surface area (Å²) >= 11 is 0. The first-order chi connectivity index (χ1) is 16.5. The van der Waals surface area contributed by atoms with Crippen LogP contribution < -0.4 is 4.74 Å². The molecule has 1 N–H and O–H groups in total. The maximum Gasteiger partial charge on any atom is 0.416 e. The van der Waals surface area contributed by atoms with Crippen molar-refractivity contribution in [3.8, 4) is 5.75 Å². The number of ether oxygens (including phenoxy) is 1. The summed E-state index contributed by atoms with van der Waals surface area (Å²) in [4.78, 5) is 16.1. The van der Waals surface area contributed by atoms with Crippen LogP contribution in [0.25, 0.3) is 10.8 Å². The Labute approximate surface area is 202 Å². The monoisotopic (exact) mass is 486 g/mol. The summed E-state index contributed by atoms with van der Waals surface area (Å²) in [6.07, 6.45) is -4.31. The number of rotatable bonds is 7. The molecule has 3 aromatic carbocycles. The van der Waals surface area contributed by atoms with Crippen molar-refractivity contribution in [1.82, 2.24) is 9.80 Å². The predicted molar refractivity (Wildman–Crippen MR) is 128 cm³/mol. The van der Waals surface area contributed by atoms with E-state index in [0.29, 0.717) is 12.3 Å². The van der Waals surface area contributed by atoms with Crippen LogP contribution in [0.3, 0.4) is 0 Å². The fraction of sp³-hybridized carbons (Fsp3) is 0.370. The molecule has 0 aliphatic carbocycles. The van der Waals surface area contributed by atoms with E-state index in [9.17, 15) is 23.1 Å². The van der Waals surface area contributed by atoms with Crippen LogP contribution in [-0.2, 0) is 24.1 Å². The Morgan fingerprint density at radius 3 is 2.00 bits per heavy atom. The Bertz CT molecular complexity index is 1180. The van der Waals surface area contributed by atoms with Crippen molar-refractivity contribution >= 4 is 16.7 Å². The number of hydrogen-bond donors (Lipinski definition) is 1.